The highest BCUT2D eigenvalue weighted by Crippen LogP contribution is 2.20. The number of aromatic nitrogens is 1. The van der Waals surface area contributed by atoms with Gasteiger partial charge in [0.1, 0.15) is 0 Å². The Morgan fingerprint density at radius 1 is 1.25 bits per heavy atom. The van der Waals surface area contributed by atoms with Gasteiger partial charge in [0.25, 0.3) is 5.91 Å². The Kier molecular flexibility index (Phi) is 3.42. The minimum atomic E-state index is -0.620. The van der Waals surface area contributed by atoms with Crippen LogP contribution in [0.4, 0.5) is 5.69 Å². The second kappa shape index (κ2) is 4.43. The van der Waals surface area contributed by atoms with Gasteiger partial charge in [0, 0.05) is 18.0 Å². The van der Waals surface area contributed by atoms with Crippen LogP contribution in [0, 0.1) is 0 Å². The van der Waals surface area contributed by atoms with Crippen LogP contribution in [0.25, 0.3) is 0 Å². The van der Waals surface area contributed by atoms with Crippen molar-refractivity contribution >= 4 is 17.4 Å². The molecule has 0 aliphatic carbocycles. The van der Waals surface area contributed by atoms with Gasteiger partial charge in [-0.25, -0.2) is 0 Å². The first kappa shape index (κ1) is 12.4. The van der Waals surface area contributed by atoms with Crippen molar-refractivity contribution in [2.75, 3.05) is 5.32 Å². The number of carbonyl (C=O) groups is 2. The van der Waals surface area contributed by atoms with E-state index in [1.165, 1.54) is 6.92 Å². The van der Waals surface area contributed by atoms with Crippen molar-refractivity contribution in [1.29, 1.82) is 0 Å². The molecule has 1 aromatic heterocycles. The summed E-state index contributed by atoms with van der Waals surface area (Å²) < 4.78 is 0. The summed E-state index contributed by atoms with van der Waals surface area (Å²) in [5.74, 6) is -1.13. The summed E-state index contributed by atoms with van der Waals surface area (Å²) in [6.45, 7) is 7.40. The third kappa shape index (κ3) is 3.15. The summed E-state index contributed by atoms with van der Waals surface area (Å²) in [7, 11) is 0. The maximum absolute atomic E-state index is 11.1. The van der Waals surface area contributed by atoms with E-state index in [1.54, 1.807) is 12.3 Å². The number of amides is 1. The first-order valence-electron chi connectivity index (χ1n) is 5.09. The molecule has 1 amide bonds. The molecule has 0 radical (unpaired) electrons. The molecule has 1 rings (SSSR count). The molecule has 0 bridgehead atoms. The van der Waals surface area contributed by atoms with Crippen molar-refractivity contribution in [1.82, 2.24) is 4.98 Å². The van der Waals surface area contributed by atoms with Gasteiger partial charge in [0.15, 0.2) is 0 Å². The van der Waals surface area contributed by atoms with E-state index < -0.39 is 11.7 Å². The molecule has 0 aliphatic rings. The predicted octanol–water partition coefficient (Wildman–Crippen LogP) is 1.91. The molecular formula is C12H16N2O2. The molecule has 0 unspecified atom stereocenters. The van der Waals surface area contributed by atoms with Crippen molar-refractivity contribution in [3.8, 4) is 0 Å². The zero-order valence-corrected chi connectivity index (χ0v) is 10.00. The van der Waals surface area contributed by atoms with Gasteiger partial charge in [-0.2, -0.15) is 0 Å². The second-order valence-electron chi connectivity index (χ2n) is 4.69. The summed E-state index contributed by atoms with van der Waals surface area (Å²) >= 11 is 0. The number of rotatable bonds is 2. The van der Waals surface area contributed by atoms with Crippen LogP contribution < -0.4 is 5.32 Å². The number of hydrogen-bond acceptors (Lipinski definition) is 3. The predicted molar refractivity (Wildman–Crippen MR) is 62.2 cm³/mol. The van der Waals surface area contributed by atoms with Crippen LogP contribution in [0.1, 0.15) is 33.4 Å². The number of anilines is 1. The van der Waals surface area contributed by atoms with Crippen LogP contribution in [0.5, 0.6) is 0 Å². The van der Waals surface area contributed by atoms with E-state index in [2.05, 4.69) is 31.1 Å². The largest absolute Gasteiger partial charge is 0.318 e. The molecule has 0 saturated heterocycles. The Labute approximate surface area is 95.1 Å². The van der Waals surface area contributed by atoms with Crippen LogP contribution in [-0.2, 0) is 15.0 Å². The van der Waals surface area contributed by atoms with Crippen molar-refractivity contribution in [3.63, 3.8) is 0 Å². The lowest BCUT2D eigenvalue weighted by Gasteiger charge is -2.17. The lowest BCUT2D eigenvalue weighted by atomic mass is 9.92. The van der Waals surface area contributed by atoms with Crippen LogP contribution in [0.15, 0.2) is 18.3 Å². The Hall–Kier alpha value is -1.71. The molecule has 0 spiro atoms. The molecule has 1 aromatic rings. The molecule has 0 saturated carbocycles. The van der Waals surface area contributed by atoms with E-state index in [9.17, 15) is 9.59 Å². The standard InChI is InChI=1S/C12H16N2O2/c1-8(15)11(16)14-9-5-6-10(13-7-9)12(2,3)4/h5-7H,1-4H3,(H,14,16). The van der Waals surface area contributed by atoms with E-state index >= 15 is 0 Å². The highest BCUT2D eigenvalue weighted by atomic mass is 16.2. The van der Waals surface area contributed by atoms with Gasteiger partial charge < -0.3 is 5.32 Å². The van der Waals surface area contributed by atoms with Crippen molar-refractivity contribution in [2.45, 2.75) is 33.1 Å². The number of hydrogen-bond donors (Lipinski definition) is 1. The molecule has 86 valence electrons. The van der Waals surface area contributed by atoms with Crippen molar-refractivity contribution in [3.05, 3.63) is 24.0 Å². The topological polar surface area (TPSA) is 59.1 Å². The van der Waals surface area contributed by atoms with E-state index in [4.69, 9.17) is 0 Å². The molecule has 0 aromatic carbocycles. The third-order valence-corrected chi connectivity index (χ3v) is 2.11. The van der Waals surface area contributed by atoms with Crippen LogP contribution in [0.2, 0.25) is 0 Å². The minimum absolute atomic E-state index is 0.0247. The van der Waals surface area contributed by atoms with Gasteiger partial charge in [0.05, 0.1) is 11.9 Å². The van der Waals surface area contributed by atoms with Gasteiger partial charge >= 0.3 is 0 Å². The molecule has 4 heteroatoms. The quantitative estimate of drug-likeness (QED) is 0.774. The zero-order chi connectivity index (χ0) is 12.3. The highest BCUT2D eigenvalue weighted by Gasteiger charge is 2.15. The molecule has 16 heavy (non-hydrogen) atoms. The number of pyridine rings is 1. The average molecular weight is 220 g/mol. The van der Waals surface area contributed by atoms with Gasteiger partial charge in [-0.05, 0) is 12.1 Å². The van der Waals surface area contributed by atoms with Crippen molar-refractivity contribution < 1.29 is 9.59 Å². The van der Waals surface area contributed by atoms with Crippen molar-refractivity contribution in [2.24, 2.45) is 0 Å². The van der Waals surface area contributed by atoms with Gasteiger partial charge in [-0.1, -0.05) is 20.8 Å². The van der Waals surface area contributed by atoms with Gasteiger partial charge in [-0.3, -0.25) is 14.6 Å². The molecule has 0 fully saturated rings. The monoisotopic (exact) mass is 220 g/mol. The first-order valence-corrected chi connectivity index (χ1v) is 5.09. The third-order valence-electron chi connectivity index (χ3n) is 2.11. The van der Waals surface area contributed by atoms with Gasteiger partial charge in [-0.15, -0.1) is 0 Å². The normalized spacial score (nSPS) is 11.0. The summed E-state index contributed by atoms with van der Waals surface area (Å²) in [4.78, 5) is 26.1. The van der Waals surface area contributed by atoms with Crippen LogP contribution >= 0.6 is 0 Å². The molecule has 0 aliphatic heterocycles. The minimum Gasteiger partial charge on any atom is -0.318 e. The second-order valence-corrected chi connectivity index (χ2v) is 4.69. The average Bonchev–Trinajstić information content (AvgIpc) is 2.17. The molecule has 1 heterocycles. The summed E-state index contributed by atoms with van der Waals surface area (Å²) in [6, 6.07) is 3.59. The zero-order valence-electron chi connectivity index (χ0n) is 10.00. The fourth-order valence-electron chi connectivity index (χ4n) is 1.13. The summed E-state index contributed by atoms with van der Waals surface area (Å²) in [5, 5.41) is 2.47. The van der Waals surface area contributed by atoms with Gasteiger partial charge in [0.2, 0.25) is 5.78 Å². The number of nitrogens with zero attached hydrogens (tertiary/aromatic N) is 1. The lowest BCUT2D eigenvalue weighted by Crippen LogP contribution is -2.20. The Morgan fingerprint density at radius 2 is 1.88 bits per heavy atom. The maximum Gasteiger partial charge on any atom is 0.291 e. The molecule has 4 nitrogen and oxygen atoms in total. The first-order chi connectivity index (χ1) is 7.30. The smallest absolute Gasteiger partial charge is 0.291 e. The number of carbonyl (C=O) groups excluding carboxylic acids is 2. The van der Waals surface area contributed by atoms with E-state index in [0.29, 0.717) is 5.69 Å². The Balaban J connectivity index is 2.80. The molecular weight excluding hydrogens is 204 g/mol. The fourth-order valence-corrected chi connectivity index (χ4v) is 1.13. The number of Topliss-reactive ketones (excluding diaryl/α,β-unsaturated/α-hetero) is 1. The van der Waals surface area contributed by atoms with Crippen LogP contribution in [0.3, 0.4) is 0 Å². The van der Waals surface area contributed by atoms with E-state index in [0.717, 1.165) is 5.69 Å². The summed E-state index contributed by atoms with van der Waals surface area (Å²) in [6.07, 6.45) is 1.56. The van der Waals surface area contributed by atoms with Crippen LogP contribution in [-0.4, -0.2) is 16.7 Å². The highest BCUT2D eigenvalue weighted by molar-refractivity contribution is 6.39. The maximum atomic E-state index is 11.1. The number of nitrogens with one attached hydrogen (secondary N) is 1. The Bertz CT molecular complexity index is 402. The van der Waals surface area contributed by atoms with E-state index in [-0.39, 0.29) is 5.41 Å². The Morgan fingerprint density at radius 3 is 2.25 bits per heavy atom. The fraction of sp³-hybridized carbons (Fsp3) is 0.417. The molecule has 0 atom stereocenters. The lowest BCUT2D eigenvalue weighted by molar-refractivity contribution is -0.133. The summed E-state index contributed by atoms with van der Waals surface area (Å²) in [5.41, 5.74) is 1.45. The number of ketones is 1. The molecule has 1 N–H and O–H groups in total. The van der Waals surface area contributed by atoms with E-state index in [1.807, 2.05) is 6.07 Å². The SMILES string of the molecule is CC(=O)C(=O)Nc1ccc(C(C)(C)C)nc1.